The molecule has 0 unspecified atom stereocenters. The molecule has 0 spiro atoms. The largest absolute Gasteiger partial charge is 0.332 e. The number of carbonyl (C=O) groups excluding carboxylic acids is 1. The summed E-state index contributed by atoms with van der Waals surface area (Å²) in [5.74, 6) is 0.596. The minimum Gasteiger partial charge on any atom is -0.332 e. The van der Waals surface area contributed by atoms with E-state index in [1.165, 1.54) is 0 Å². The third-order valence-corrected chi connectivity index (χ3v) is 4.62. The Morgan fingerprint density at radius 1 is 1.04 bits per heavy atom. The van der Waals surface area contributed by atoms with Gasteiger partial charge < -0.3 is 9.88 Å². The van der Waals surface area contributed by atoms with E-state index in [1.807, 2.05) is 53.2 Å². The predicted molar refractivity (Wildman–Crippen MR) is 108 cm³/mol. The molecule has 1 N–H and O–H groups in total. The number of para-hydroxylation sites is 1. The van der Waals surface area contributed by atoms with E-state index in [4.69, 9.17) is 0 Å². The van der Waals surface area contributed by atoms with Crippen molar-refractivity contribution >= 4 is 22.6 Å². The number of aryl methyl sites for hydroxylation is 1. The maximum absolute atomic E-state index is 13.1. The van der Waals surface area contributed by atoms with E-state index in [0.717, 1.165) is 35.2 Å². The average molecular weight is 358 g/mol. The van der Waals surface area contributed by atoms with E-state index in [-0.39, 0.29) is 5.91 Å². The molecule has 0 bridgehead atoms. The Morgan fingerprint density at radius 3 is 2.63 bits per heavy atom. The molecule has 0 aliphatic rings. The molecule has 4 aromatic rings. The summed E-state index contributed by atoms with van der Waals surface area (Å²) in [5, 5.41) is 8.36. The van der Waals surface area contributed by atoms with Crippen LogP contribution in [-0.4, -0.2) is 20.3 Å². The molecule has 27 heavy (non-hydrogen) atoms. The number of amides is 1. The van der Waals surface area contributed by atoms with Gasteiger partial charge in [-0.05, 0) is 24.1 Å². The minimum absolute atomic E-state index is 0.125. The second-order valence-electron chi connectivity index (χ2n) is 6.55. The fraction of sp³-hybridized carbons (Fsp3) is 0.182. The van der Waals surface area contributed by atoms with Crippen LogP contribution in [0.1, 0.15) is 29.4 Å². The third kappa shape index (κ3) is 3.49. The Morgan fingerprint density at radius 2 is 1.81 bits per heavy atom. The highest BCUT2D eigenvalue weighted by atomic mass is 16.2. The van der Waals surface area contributed by atoms with Crippen LogP contribution in [0.5, 0.6) is 0 Å². The molecule has 136 valence electrons. The third-order valence-electron chi connectivity index (χ3n) is 4.62. The van der Waals surface area contributed by atoms with E-state index in [0.29, 0.717) is 12.2 Å². The first kappa shape index (κ1) is 17.1. The monoisotopic (exact) mass is 358 g/mol. The standard InChI is InChI=1S/C22H22N4O/c1-2-14-26-21(12-13-23-26)24-22(27)20-15-18-10-6-7-11-19(18)25(20)16-17-8-4-3-5-9-17/h3-13,15H,2,14,16H2,1H3,(H,24,27). The van der Waals surface area contributed by atoms with Crippen LogP contribution in [0.15, 0.2) is 72.9 Å². The van der Waals surface area contributed by atoms with E-state index < -0.39 is 0 Å². The molecule has 0 radical (unpaired) electrons. The Kier molecular flexibility index (Phi) is 4.75. The van der Waals surface area contributed by atoms with Crippen LogP contribution in [-0.2, 0) is 13.1 Å². The molecule has 5 nitrogen and oxygen atoms in total. The van der Waals surface area contributed by atoms with Crippen molar-refractivity contribution in [2.75, 3.05) is 5.32 Å². The van der Waals surface area contributed by atoms with Crippen molar-refractivity contribution in [1.29, 1.82) is 0 Å². The maximum Gasteiger partial charge on any atom is 0.273 e. The number of anilines is 1. The van der Waals surface area contributed by atoms with Crippen LogP contribution >= 0.6 is 0 Å². The first-order valence-electron chi connectivity index (χ1n) is 9.21. The smallest absolute Gasteiger partial charge is 0.273 e. The summed E-state index contributed by atoms with van der Waals surface area (Å²) >= 11 is 0. The summed E-state index contributed by atoms with van der Waals surface area (Å²) in [6.45, 7) is 3.51. The van der Waals surface area contributed by atoms with Gasteiger partial charge in [-0.25, -0.2) is 4.68 Å². The van der Waals surface area contributed by atoms with Gasteiger partial charge in [-0.3, -0.25) is 4.79 Å². The summed E-state index contributed by atoms with van der Waals surface area (Å²) in [6.07, 6.45) is 2.67. The molecule has 0 fully saturated rings. The Balaban J connectivity index is 1.71. The van der Waals surface area contributed by atoms with Crippen molar-refractivity contribution in [3.63, 3.8) is 0 Å². The molecule has 2 aromatic carbocycles. The van der Waals surface area contributed by atoms with Crippen molar-refractivity contribution in [3.8, 4) is 0 Å². The van der Waals surface area contributed by atoms with Crippen LogP contribution in [0.3, 0.4) is 0 Å². The lowest BCUT2D eigenvalue weighted by Gasteiger charge is -2.12. The number of nitrogens with zero attached hydrogens (tertiary/aromatic N) is 3. The number of hydrogen-bond donors (Lipinski definition) is 1. The second-order valence-corrected chi connectivity index (χ2v) is 6.55. The van der Waals surface area contributed by atoms with Gasteiger partial charge in [0.15, 0.2) is 0 Å². The molecule has 0 aliphatic heterocycles. The van der Waals surface area contributed by atoms with Gasteiger partial charge in [-0.2, -0.15) is 5.10 Å². The number of aromatic nitrogens is 3. The van der Waals surface area contributed by atoms with Crippen LogP contribution in [0.4, 0.5) is 5.82 Å². The fourth-order valence-electron chi connectivity index (χ4n) is 3.34. The summed E-state index contributed by atoms with van der Waals surface area (Å²) in [4.78, 5) is 13.1. The first-order valence-corrected chi connectivity index (χ1v) is 9.21. The second kappa shape index (κ2) is 7.50. The zero-order valence-corrected chi connectivity index (χ0v) is 15.3. The molecule has 0 aliphatic carbocycles. The lowest BCUT2D eigenvalue weighted by atomic mass is 10.2. The normalized spacial score (nSPS) is 11.0. The van der Waals surface area contributed by atoms with Crippen LogP contribution in [0.25, 0.3) is 10.9 Å². The number of carbonyl (C=O) groups is 1. The molecule has 0 saturated heterocycles. The Hall–Kier alpha value is -3.34. The lowest BCUT2D eigenvalue weighted by Crippen LogP contribution is -2.19. The molecule has 2 aromatic heterocycles. The van der Waals surface area contributed by atoms with Crippen molar-refractivity contribution < 1.29 is 4.79 Å². The average Bonchev–Trinajstić information content (AvgIpc) is 3.28. The van der Waals surface area contributed by atoms with Crippen LogP contribution in [0.2, 0.25) is 0 Å². The van der Waals surface area contributed by atoms with Gasteiger partial charge in [0.2, 0.25) is 0 Å². The zero-order valence-electron chi connectivity index (χ0n) is 15.3. The van der Waals surface area contributed by atoms with E-state index in [9.17, 15) is 4.79 Å². The molecule has 2 heterocycles. The SMILES string of the molecule is CCCn1nccc1NC(=O)c1cc2ccccc2n1Cc1ccccc1. The summed E-state index contributed by atoms with van der Waals surface area (Å²) in [6, 6.07) is 22.1. The van der Waals surface area contributed by atoms with Crippen molar-refractivity contribution in [2.45, 2.75) is 26.4 Å². The molecule has 5 heteroatoms. The molecule has 4 rings (SSSR count). The molecule has 1 amide bonds. The minimum atomic E-state index is -0.125. The van der Waals surface area contributed by atoms with E-state index in [2.05, 4.69) is 40.1 Å². The highest BCUT2D eigenvalue weighted by Crippen LogP contribution is 2.22. The maximum atomic E-state index is 13.1. The van der Waals surface area contributed by atoms with Crippen molar-refractivity contribution in [2.24, 2.45) is 0 Å². The van der Waals surface area contributed by atoms with Gasteiger partial charge in [-0.1, -0.05) is 55.5 Å². The van der Waals surface area contributed by atoms with Gasteiger partial charge in [0.25, 0.3) is 5.91 Å². The Labute approximate surface area is 158 Å². The van der Waals surface area contributed by atoms with Gasteiger partial charge in [0.1, 0.15) is 11.5 Å². The fourth-order valence-corrected chi connectivity index (χ4v) is 3.34. The van der Waals surface area contributed by atoms with Gasteiger partial charge >= 0.3 is 0 Å². The van der Waals surface area contributed by atoms with Crippen LogP contribution in [0, 0.1) is 0 Å². The van der Waals surface area contributed by atoms with Gasteiger partial charge in [-0.15, -0.1) is 0 Å². The van der Waals surface area contributed by atoms with Crippen molar-refractivity contribution in [3.05, 3.63) is 84.2 Å². The number of fused-ring (bicyclic) bond motifs is 1. The van der Waals surface area contributed by atoms with Crippen molar-refractivity contribution in [1.82, 2.24) is 14.3 Å². The molecule has 0 atom stereocenters. The highest BCUT2D eigenvalue weighted by Gasteiger charge is 2.17. The quantitative estimate of drug-likeness (QED) is 0.550. The zero-order chi connectivity index (χ0) is 18.6. The summed E-state index contributed by atoms with van der Waals surface area (Å²) in [5.41, 5.74) is 2.85. The summed E-state index contributed by atoms with van der Waals surface area (Å²) in [7, 11) is 0. The van der Waals surface area contributed by atoms with E-state index >= 15 is 0 Å². The number of hydrogen-bond acceptors (Lipinski definition) is 2. The molecular formula is C22H22N4O. The highest BCUT2D eigenvalue weighted by molar-refractivity contribution is 6.06. The number of nitrogens with one attached hydrogen (secondary N) is 1. The molecule has 0 saturated carbocycles. The van der Waals surface area contributed by atoms with Crippen LogP contribution < -0.4 is 5.32 Å². The predicted octanol–water partition coefficient (Wildman–Crippen LogP) is 4.55. The first-order chi connectivity index (χ1) is 13.3. The lowest BCUT2D eigenvalue weighted by molar-refractivity contribution is 0.101. The number of rotatable bonds is 6. The Bertz CT molecular complexity index is 1060. The summed E-state index contributed by atoms with van der Waals surface area (Å²) < 4.78 is 3.89. The topological polar surface area (TPSA) is 51.9 Å². The van der Waals surface area contributed by atoms with Gasteiger partial charge in [0, 0.05) is 30.1 Å². The number of benzene rings is 2. The van der Waals surface area contributed by atoms with Gasteiger partial charge in [0.05, 0.1) is 6.20 Å². The molecular weight excluding hydrogens is 336 g/mol. The van der Waals surface area contributed by atoms with E-state index in [1.54, 1.807) is 6.20 Å².